The number of hydrogen-bond donors (Lipinski definition) is 2. The quantitative estimate of drug-likeness (QED) is 0.682. The van der Waals surface area contributed by atoms with E-state index in [-0.39, 0.29) is 37.1 Å². The molecule has 3 aromatic rings. The molecule has 0 saturated carbocycles. The van der Waals surface area contributed by atoms with Crippen molar-refractivity contribution in [2.45, 2.75) is 13.1 Å². The average Bonchev–Trinajstić information content (AvgIpc) is 3.07. The summed E-state index contributed by atoms with van der Waals surface area (Å²) in [6.07, 6.45) is -3.39. The lowest BCUT2D eigenvalue weighted by molar-refractivity contribution is -0.141. The van der Waals surface area contributed by atoms with Crippen LogP contribution in [0.2, 0.25) is 5.02 Å². The summed E-state index contributed by atoms with van der Waals surface area (Å²) in [6, 6.07) is 0.840. The molecule has 27 heavy (non-hydrogen) atoms. The lowest BCUT2D eigenvalue weighted by Crippen LogP contribution is -2.19. The van der Waals surface area contributed by atoms with Crippen LogP contribution in [0.15, 0.2) is 12.3 Å². The summed E-state index contributed by atoms with van der Waals surface area (Å²) in [4.78, 5) is 27.7. The van der Waals surface area contributed by atoms with Gasteiger partial charge in [0, 0.05) is 12.4 Å². The number of thiophene rings is 1. The fourth-order valence-electron chi connectivity index (χ4n) is 2.56. The minimum Gasteiger partial charge on any atom is -0.365 e. The molecule has 0 saturated heterocycles. The van der Waals surface area contributed by atoms with E-state index in [0.717, 1.165) is 6.07 Å². The summed E-state index contributed by atoms with van der Waals surface area (Å²) < 4.78 is 40.2. The van der Waals surface area contributed by atoms with Crippen molar-refractivity contribution >= 4 is 50.7 Å². The van der Waals surface area contributed by atoms with Crippen molar-refractivity contribution in [3.05, 3.63) is 39.1 Å². The highest BCUT2D eigenvalue weighted by molar-refractivity contribution is 7.21. The van der Waals surface area contributed by atoms with Crippen molar-refractivity contribution in [2.75, 3.05) is 5.32 Å². The first-order chi connectivity index (χ1) is 12.5. The highest BCUT2D eigenvalue weighted by Crippen LogP contribution is 2.40. The van der Waals surface area contributed by atoms with Gasteiger partial charge in [-0.05, 0) is 18.6 Å². The number of fused-ring (bicyclic) bond motifs is 1. The van der Waals surface area contributed by atoms with Crippen molar-refractivity contribution in [3.63, 3.8) is 0 Å². The van der Waals surface area contributed by atoms with Crippen molar-refractivity contribution < 1.29 is 22.8 Å². The number of alkyl halides is 3. The Hall–Kier alpha value is -2.66. The molecular weight excluding hydrogens is 407 g/mol. The van der Waals surface area contributed by atoms with Crippen LogP contribution >= 0.6 is 22.9 Å². The van der Waals surface area contributed by atoms with E-state index in [0.29, 0.717) is 11.3 Å². The van der Waals surface area contributed by atoms with Crippen molar-refractivity contribution in [1.29, 1.82) is 0 Å². The predicted molar refractivity (Wildman–Crippen MR) is 94.0 cm³/mol. The minimum absolute atomic E-state index is 0.0107. The van der Waals surface area contributed by atoms with E-state index < -0.39 is 23.7 Å². The average molecular weight is 418 g/mol. The Bertz CT molecular complexity index is 1070. The minimum atomic E-state index is -4.65. The van der Waals surface area contributed by atoms with Crippen LogP contribution < -0.4 is 11.1 Å². The number of nitrogens with zero attached hydrogens (tertiary/aromatic N) is 3. The van der Waals surface area contributed by atoms with Gasteiger partial charge in [-0.2, -0.15) is 18.3 Å². The largest absolute Gasteiger partial charge is 0.433 e. The Morgan fingerprint density at radius 2 is 2.04 bits per heavy atom. The van der Waals surface area contributed by atoms with Gasteiger partial charge in [0.15, 0.2) is 0 Å². The second-order valence-corrected chi connectivity index (χ2v) is 7.00. The monoisotopic (exact) mass is 417 g/mol. The summed E-state index contributed by atoms with van der Waals surface area (Å²) in [5.41, 5.74) is 4.42. The molecule has 0 aliphatic heterocycles. The molecule has 3 N–H and O–H groups in total. The zero-order chi connectivity index (χ0) is 20.1. The van der Waals surface area contributed by atoms with E-state index >= 15 is 0 Å². The number of carbonyl (C=O) groups excluding carboxylic acids is 2. The number of halogens is 4. The Labute approximate surface area is 158 Å². The summed E-state index contributed by atoms with van der Waals surface area (Å²) in [5, 5.41) is 6.62. The van der Waals surface area contributed by atoms with Crippen molar-refractivity contribution in [3.8, 4) is 0 Å². The first-order valence-corrected chi connectivity index (χ1v) is 8.50. The van der Waals surface area contributed by atoms with Crippen LogP contribution in [0.1, 0.15) is 31.4 Å². The third-order valence-electron chi connectivity index (χ3n) is 3.72. The Kier molecular flexibility index (Phi) is 4.60. The van der Waals surface area contributed by atoms with E-state index in [1.54, 1.807) is 0 Å². The number of amides is 2. The molecule has 0 radical (unpaired) electrons. The molecule has 3 aromatic heterocycles. The molecule has 142 valence electrons. The number of pyridine rings is 1. The summed E-state index contributed by atoms with van der Waals surface area (Å²) >= 11 is 6.60. The topological polar surface area (TPSA) is 103 Å². The molecule has 3 rings (SSSR count). The SMILES string of the molecule is Cc1cc(C(F)(F)F)nc2sc(C(N)=O)c(NC(=O)c3c(Cl)cnn3C)c12. The van der Waals surface area contributed by atoms with E-state index in [2.05, 4.69) is 15.4 Å². The molecule has 2 amide bonds. The van der Waals surface area contributed by atoms with Gasteiger partial charge in [-0.1, -0.05) is 11.6 Å². The van der Waals surface area contributed by atoms with Gasteiger partial charge in [-0.15, -0.1) is 11.3 Å². The van der Waals surface area contributed by atoms with Gasteiger partial charge < -0.3 is 11.1 Å². The Morgan fingerprint density at radius 3 is 2.56 bits per heavy atom. The molecule has 3 heterocycles. The predicted octanol–water partition coefficient (Wildman–Crippen LogP) is 3.36. The lowest BCUT2D eigenvalue weighted by Gasteiger charge is -2.10. The number of carbonyl (C=O) groups is 2. The molecule has 0 aromatic carbocycles. The maximum Gasteiger partial charge on any atom is 0.433 e. The fraction of sp³-hybridized carbons (Fsp3) is 0.200. The number of rotatable bonds is 3. The second kappa shape index (κ2) is 6.50. The fourth-order valence-corrected chi connectivity index (χ4v) is 3.87. The maximum absolute atomic E-state index is 13.0. The molecule has 0 aliphatic rings. The second-order valence-electron chi connectivity index (χ2n) is 5.59. The smallest absolute Gasteiger partial charge is 0.365 e. The molecule has 12 heteroatoms. The van der Waals surface area contributed by atoms with Crippen LogP contribution in [0.5, 0.6) is 0 Å². The van der Waals surface area contributed by atoms with Crippen LogP contribution in [-0.2, 0) is 13.2 Å². The number of aromatic nitrogens is 3. The maximum atomic E-state index is 13.0. The molecule has 0 bridgehead atoms. The number of nitrogens with two attached hydrogens (primary N) is 1. The first-order valence-electron chi connectivity index (χ1n) is 7.30. The van der Waals surface area contributed by atoms with Gasteiger partial charge in [0.2, 0.25) is 0 Å². The summed E-state index contributed by atoms with van der Waals surface area (Å²) in [7, 11) is 1.49. The Balaban J connectivity index is 2.18. The number of hydrogen-bond acceptors (Lipinski definition) is 5. The van der Waals surface area contributed by atoms with E-state index in [4.69, 9.17) is 17.3 Å². The van der Waals surface area contributed by atoms with Crippen molar-refractivity contribution in [1.82, 2.24) is 14.8 Å². The third-order valence-corrected chi connectivity index (χ3v) is 5.10. The van der Waals surface area contributed by atoms with Gasteiger partial charge in [0.05, 0.1) is 16.9 Å². The first kappa shape index (κ1) is 19.1. The number of anilines is 1. The van der Waals surface area contributed by atoms with Gasteiger partial charge in [0.1, 0.15) is 21.1 Å². The van der Waals surface area contributed by atoms with Crippen LogP contribution in [-0.4, -0.2) is 26.6 Å². The normalized spacial score (nSPS) is 11.8. The molecule has 7 nitrogen and oxygen atoms in total. The molecule has 0 spiro atoms. The zero-order valence-corrected chi connectivity index (χ0v) is 15.4. The summed E-state index contributed by atoms with van der Waals surface area (Å²) in [5.74, 6) is -1.60. The van der Waals surface area contributed by atoms with E-state index in [1.165, 1.54) is 24.9 Å². The number of nitrogens with one attached hydrogen (secondary N) is 1. The van der Waals surface area contributed by atoms with Gasteiger partial charge >= 0.3 is 6.18 Å². The lowest BCUT2D eigenvalue weighted by atomic mass is 10.1. The van der Waals surface area contributed by atoms with Gasteiger partial charge in [-0.3, -0.25) is 14.3 Å². The highest BCUT2D eigenvalue weighted by Gasteiger charge is 2.34. The number of primary amides is 1. The van der Waals surface area contributed by atoms with Crippen LogP contribution in [0.3, 0.4) is 0 Å². The molecule has 0 aliphatic carbocycles. The van der Waals surface area contributed by atoms with Gasteiger partial charge in [0.25, 0.3) is 11.8 Å². The van der Waals surface area contributed by atoms with E-state index in [1.807, 2.05) is 0 Å². The molecule has 0 atom stereocenters. The van der Waals surface area contributed by atoms with Gasteiger partial charge in [-0.25, -0.2) is 4.98 Å². The van der Waals surface area contributed by atoms with Crippen molar-refractivity contribution in [2.24, 2.45) is 12.8 Å². The van der Waals surface area contributed by atoms with Crippen LogP contribution in [0, 0.1) is 6.92 Å². The van der Waals surface area contributed by atoms with E-state index in [9.17, 15) is 22.8 Å². The molecular formula is C15H11ClF3N5O2S. The highest BCUT2D eigenvalue weighted by atomic mass is 35.5. The third kappa shape index (κ3) is 3.35. The molecule has 0 unspecified atom stereocenters. The Morgan fingerprint density at radius 1 is 1.37 bits per heavy atom. The summed E-state index contributed by atoms with van der Waals surface area (Å²) in [6.45, 7) is 1.42. The number of aryl methyl sites for hydroxylation is 2. The van der Waals surface area contributed by atoms with Crippen LogP contribution in [0.4, 0.5) is 18.9 Å². The zero-order valence-electron chi connectivity index (χ0n) is 13.8. The molecule has 0 fully saturated rings. The standard InChI is InChI=1S/C15H11ClF3N5O2S/c1-5-3-7(15(17,18)19)22-14-8(5)9(11(27-14)12(20)25)23-13(26)10-6(16)4-21-24(10)2/h3-4H,1-2H3,(H2,20,25)(H,23,26). The van der Waals surface area contributed by atoms with Crippen LogP contribution in [0.25, 0.3) is 10.2 Å².